The highest BCUT2D eigenvalue weighted by Gasteiger charge is 2.48. The van der Waals surface area contributed by atoms with Gasteiger partial charge in [-0.25, -0.2) is 0 Å². The minimum Gasteiger partial charge on any atom is -0.466 e. The van der Waals surface area contributed by atoms with E-state index in [-0.39, 0.29) is 60.6 Å². The van der Waals surface area contributed by atoms with Crippen LogP contribution in [0.15, 0.2) is 54.6 Å². The van der Waals surface area contributed by atoms with Gasteiger partial charge in [0.2, 0.25) is 11.8 Å². The van der Waals surface area contributed by atoms with E-state index in [1.165, 1.54) is 11.1 Å². The second kappa shape index (κ2) is 11.4. The molecule has 2 heterocycles. The normalized spacial score (nSPS) is 26.4. The summed E-state index contributed by atoms with van der Waals surface area (Å²) in [6, 6.07) is 18.8. The zero-order valence-electron chi connectivity index (χ0n) is 21.5. The molecule has 2 fully saturated rings. The lowest BCUT2D eigenvalue weighted by molar-refractivity contribution is -0.145. The summed E-state index contributed by atoms with van der Waals surface area (Å²) in [4.78, 5) is 40.6. The molecule has 196 valence electrons. The molecule has 2 N–H and O–H groups in total. The fraction of sp³-hybridized carbons (Fsp3) is 0.500. The first kappa shape index (κ1) is 25.3. The minimum atomic E-state index is -0.366. The summed E-state index contributed by atoms with van der Waals surface area (Å²) in [5.41, 5.74) is 3.51. The van der Waals surface area contributed by atoms with E-state index in [1.54, 1.807) is 6.92 Å². The van der Waals surface area contributed by atoms with Crippen LogP contribution in [0, 0.1) is 11.8 Å². The van der Waals surface area contributed by atoms with Crippen LogP contribution in [0.25, 0.3) is 0 Å². The zero-order chi connectivity index (χ0) is 25.8. The molecule has 2 amide bonds. The standard InChI is InChI=1S/C30H37N3O4/c1-2-37-27(35)17-16-26(34)31-25-15-9-7-13-22(25)30(36)33-19-18-23-28(20-10-4-3-5-11-20)32-24-14-8-6-12-21(24)29(23)33/h3-6,8,10-12,14,22-23,25,28-29,32H,2,7,9,13,15-19H2,1H3,(H,31,34)/t22-,23+,25+,28-,29-/m0/s1. The average Bonchev–Trinajstić information content (AvgIpc) is 3.38. The molecule has 1 saturated heterocycles. The molecule has 2 aromatic carbocycles. The number of amides is 2. The van der Waals surface area contributed by atoms with E-state index in [0.717, 1.165) is 37.8 Å². The van der Waals surface area contributed by atoms with Crippen LogP contribution in [0.4, 0.5) is 5.69 Å². The molecule has 37 heavy (non-hydrogen) atoms. The highest BCUT2D eigenvalue weighted by atomic mass is 16.5. The molecule has 2 aliphatic heterocycles. The van der Waals surface area contributed by atoms with Crippen molar-refractivity contribution < 1.29 is 19.1 Å². The number of carbonyl (C=O) groups is 3. The van der Waals surface area contributed by atoms with E-state index in [9.17, 15) is 14.4 Å². The number of para-hydroxylation sites is 1. The van der Waals surface area contributed by atoms with Crippen molar-refractivity contribution >= 4 is 23.5 Å². The molecule has 7 heteroatoms. The Balaban J connectivity index is 1.34. The molecule has 0 aromatic heterocycles. The van der Waals surface area contributed by atoms with Crippen LogP contribution in [0.3, 0.4) is 0 Å². The van der Waals surface area contributed by atoms with Gasteiger partial charge in [0, 0.05) is 30.6 Å². The van der Waals surface area contributed by atoms with Gasteiger partial charge in [0.25, 0.3) is 0 Å². The number of ether oxygens (including phenoxy) is 1. The predicted molar refractivity (Wildman–Crippen MR) is 142 cm³/mol. The molecular weight excluding hydrogens is 466 g/mol. The van der Waals surface area contributed by atoms with Crippen molar-refractivity contribution in [2.24, 2.45) is 11.8 Å². The number of hydrogen-bond donors (Lipinski definition) is 2. The second-order valence-electron chi connectivity index (χ2n) is 10.4. The number of anilines is 1. The first-order valence-corrected chi connectivity index (χ1v) is 13.7. The largest absolute Gasteiger partial charge is 0.466 e. The molecule has 3 aliphatic rings. The summed E-state index contributed by atoms with van der Waals surface area (Å²) in [6.45, 7) is 2.77. The van der Waals surface area contributed by atoms with Crippen molar-refractivity contribution in [2.45, 2.75) is 70.0 Å². The third-order valence-corrected chi connectivity index (χ3v) is 8.20. The molecule has 0 bridgehead atoms. The number of rotatable bonds is 7. The lowest BCUT2D eigenvalue weighted by atomic mass is 9.79. The number of likely N-dealkylation sites (tertiary alicyclic amines) is 1. The Morgan fingerprint density at radius 1 is 0.973 bits per heavy atom. The highest BCUT2D eigenvalue weighted by Crippen LogP contribution is 2.51. The fourth-order valence-electron chi connectivity index (χ4n) is 6.50. The molecule has 2 aromatic rings. The molecule has 0 unspecified atom stereocenters. The van der Waals surface area contributed by atoms with Crippen LogP contribution in [-0.2, 0) is 19.1 Å². The van der Waals surface area contributed by atoms with E-state index < -0.39 is 0 Å². The number of benzene rings is 2. The number of esters is 1. The van der Waals surface area contributed by atoms with Gasteiger partial charge in [-0.2, -0.15) is 0 Å². The number of carbonyl (C=O) groups excluding carboxylic acids is 3. The maximum absolute atomic E-state index is 14.1. The summed E-state index contributed by atoms with van der Waals surface area (Å²) < 4.78 is 4.94. The van der Waals surface area contributed by atoms with Crippen molar-refractivity contribution in [3.8, 4) is 0 Å². The van der Waals surface area contributed by atoms with Gasteiger partial charge in [0.15, 0.2) is 0 Å². The quantitative estimate of drug-likeness (QED) is 0.532. The van der Waals surface area contributed by atoms with Crippen molar-refractivity contribution in [2.75, 3.05) is 18.5 Å². The van der Waals surface area contributed by atoms with E-state index >= 15 is 0 Å². The maximum atomic E-state index is 14.1. The number of fused-ring (bicyclic) bond motifs is 3. The minimum absolute atomic E-state index is 0.0113. The Bertz CT molecular complexity index is 1120. The van der Waals surface area contributed by atoms with E-state index in [1.807, 2.05) is 12.1 Å². The Labute approximate surface area is 218 Å². The van der Waals surface area contributed by atoms with Gasteiger partial charge in [-0.15, -0.1) is 0 Å². The number of hydrogen-bond acceptors (Lipinski definition) is 5. The van der Waals surface area contributed by atoms with Crippen molar-refractivity contribution in [1.82, 2.24) is 10.2 Å². The van der Waals surface area contributed by atoms with Crippen molar-refractivity contribution in [3.63, 3.8) is 0 Å². The molecule has 0 spiro atoms. The molecule has 0 radical (unpaired) electrons. The molecule has 1 aliphatic carbocycles. The molecular formula is C30H37N3O4. The summed E-state index contributed by atoms with van der Waals surface area (Å²) >= 11 is 0. The fourth-order valence-corrected chi connectivity index (χ4v) is 6.50. The SMILES string of the molecule is CCOC(=O)CCC(=O)N[C@@H]1CCCC[C@@H]1C(=O)N1CC[C@@H]2[C@H](c3ccccc3)Nc3ccccc3[C@@H]21. The average molecular weight is 504 g/mol. The second-order valence-corrected chi connectivity index (χ2v) is 10.4. The Hall–Kier alpha value is -3.35. The molecule has 5 rings (SSSR count). The van der Waals surface area contributed by atoms with E-state index in [4.69, 9.17) is 4.74 Å². The van der Waals surface area contributed by atoms with Gasteiger partial charge >= 0.3 is 5.97 Å². The third-order valence-electron chi connectivity index (χ3n) is 8.20. The van der Waals surface area contributed by atoms with Crippen LogP contribution in [0.2, 0.25) is 0 Å². The zero-order valence-corrected chi connectivity index (χ0v) is 21.5. The van der Waals surface area contributed by atoms with Crippen LogP contribution in [0.5, 0.6) is 0 Å². The summed E-state index contributed by atoms with van der Waals surface area (Å²) in [5, 5.41) is 6.85. The van der Waals surface area contributed by atoms with Crippen molar-refractivity contribution in [3.05, 3.63) is 65.7 Å². The Morgan fingerprint density at radius 2 is 1.73 bits per heavy atom. The number of nitrogens with zero attached hydrogens (tertiary/aromatic N) is 1. The first-order valence-electron chi connectivity index (χ1n) is 13.7. The van der Waals surface area contributed by atoms with Gasteiger partial charge in [0.1, 0.15) is 0 Å². The first-order chi connectivity index (χ1) is 18.1. The van der Waals surface area contributed by atoms with Crippen LogP contribution < -0.4 is 10.6 Å². The Morgan fingerprint density at radius 3 is 2.54 bits per heavy atom. The monoisotopic (exact) mass is 503 g/mol. The van der Waals surface area contributed by atoms with Gasteiger partial charge in [0.05, 0.1) is 31.0 Å². The smallest absolute Gasteiger partial charge is 0.306 e. The lowest BCUT2D eigenvalue weighted by Gasteiger charge is -2.42. The van der Waals surface area contributed by atoms with E-state index in [2.05, 4.69) is 58.0 Å². The maximum Gasteiger partial charge on any atom is 0.306 e. The number of nitrogens with one attached hydrogen (secondary N) is 2. The third kappa shape index (κ3) is 5.36. The molecule has 1 saturated carbocycles. The predicted octanol–water partition coefficient (Wildman–Crippen LogP) is 4.76. The van der Waals surface area contributed by atoms with E-state index in [0.29, 0.717) is 13.2 Å². The van der Waals surface area contributed by atoms with Crippen LogP contribution in [0.1, 0.15) is 75.1 Å². The summed E-state index contributed by atoms with van der Waals surface area (Å²) in [5.74, 6) is -0.367. The highest BCUT2D eigenvalue weighted by molar-refractivity contribution is 5.84. The van der Waals surface area contributed by atoms with Crippen LogP contribution in [-0.4, -0.2) is 41.9 Å². The van der Waals surface area contributed by atoms with Gasteiger partial charge in [-0.1, -0.05) is 61.4 Å². The van der Waals surface area contributed by atoms with Gasteiger partial charge in [-0.3, -0.25) is 14.4 Å². The molecule has 5 atom stereocenters. The topological polar surface area (TPSA) is 87.7 Å². The lowest BCUT2D eigenvalue weighted by Crippen LogP contribution is -2.50. The van der Waals surface area contributed by atoms with Gasteiger partial charge in [-0.05, 0) is 43.4 Å². The van der Waals surface area contributed by atoms with Crippen molar-refractivity contribution in [1.29, 1.82) is 0 Å². The van der Waals surface area contributed by atoms with Crippen LogP contribution >= 0.6 is 0 Å². The Kier molecular flexibility index (Phi) is 7.77. The summed E-state index contributed by atoms with van der Waals surface area (Å²) in [6.07, 6.45) is 4.61. The van der Waals surface area contributed by atoms with Gasteiger partial charge < -0.3 is 20.3 Å². The summed E-state index contributed by atoms with van der Waals surface area (Å²) in [7, 11) is 0. The molecule has 7 nitrogen and oxygen atoms in total.